The molecule has 2 aromatic carbocycles. The van der Waals surface area contributed by atoms with Crippen LogP contribution in [0.1, 0.15) is 35.1 Å². The van der Waals surface area contributed by atoms with Gasteiger partial charge in [-0.1, -0.05) is 48.5 Å². The summed E-state index contributed by atoms with van der Waals surface area (Å²) in [5.41, 5.74) is 4.18. The number of hydrogen-bond donors (Lipinski definition) is 1. The summed E-state index contributed by atoms with van der Waals surface area (Å²) < 4.78 is 0. The first kappa shape index (κ1) is 12.9. The smallest absolute Gasteiger partial charge is 0.314 e. The summed E-state index contributed by atoms with van der Waals surface area (Å²) in [5.74, 6) is -0.691. The van der Waals surface area contributed by atoms with Crippen LogP contribution in [-0.4, -0.2) is 11.1 Å². The summed E-state index contributed by atoms with van der Waals surface area (Å²) in [7, 11) is 0. The van der Waals surface area contributed by atoms with Crippen molar-refractivity contribution in [2.75, 3.05) is 0 Å². The lowest BCUT2D eigenvalue weighted by Gasteiger charge is -2.11. The Balaban J connectivity index is 1.81. The van der Waals surface area contributed by atoms with Gasteiger partial charge in [0.1, 0.15) is 0 Å². The van der Waals surface area contributed by atoms with Gasteiger partial charge in [0, 0.05) is 0 Å². The molecule has 2 nitrogen and oxygen atoms in total. The van der Waals surface area contributed by atoms with Crippen LogP contribution >= 0.6 is 0 Å². The number of hydrogen-bond acceptors (Lipinski definition) is 1. The zero-order valence-corrected chi connectivity index (χ0v) is 11.6. The van der Waals surface area contributed by atoms with Crippen LogP contribution in [0.4, 0.5) is 0 Å². The van der Waals surface area contributed by atoms with Gasteiger partial charge >= 0.3 is 5.97 Å². The maximum Gasteiger partial charge on any atom is 0.314 e. The molecule has 0 heterocycles. The van der Waals surface area contributed by atoms with Gasteiger partial charge in [0.15, 0.2) is 0 Å². The molecule has 102 valence electrons. The van der Waals surface area contributed by atoms with Gasteiger partial charge in [0.25, 0.3) is 0 Å². The number of carbonyl (C=O) groups is 1. The lowest BCUT2D eigenvalue weighted by molar-refractivity contribution is -0.140. The number of carboxylic acid groups (broad SMARTS) is 1. The third-order valence-electron chi connectivity index (χ3n) is 4.32. The van der Waals surface area contributed by atoms with Gasteiger partial charge in [-0.05, 0) is 48.4 Å². The van der Waals surface area contributed by atoms with Crippen LogP contribution < -0.4 is 0 Å². The highest BCUT2D eigenvalue weighted by atomic mass is 16.4. The van der Waals surface area contributed by atoms with Gasteiger partial charge in [0.05, 0.1) is 5.41 Å². The van der Waals surface area contributed by atoms with E-state index in [1.165, 1.54) is 16.7 Å². The van der Waals surface area contributed by atoms with Crippen molar-refractivity contribution in [2.24, 2.45) is 0 Å². The van der Waals surface area contributed by atoms with Crippen LogP contribution in [0.25, 0.3) is 0 Å². The van der Waals surface area contributed by atoms with Gasteiger partial charge in [-0.25, -0.2) is 0 Å². The minimum atomic E-state index is -0.691. The summed E-state index contributed by atoms with van der Waals surface area (Å²) >= 11 is 0. The topological polar surface area (TPSA) is 37.3 Å². The summed E-state index contributed by atoms with van der Waals surface area (Å²) in [6.45, 7) is 2.12. The summed E-state index contributed by atoms with van der Waals surface area (Å²) in [6.07, 6.45) is 2.42. The molecule has 1 saturated carbocycles. The Labute approximate surface area is 119 Å². The van der Waals surface area contributed by atoms with Gasteiger partial charge in [-0.2, -0.15) is 0 Å². The molecule has 0 aliphatic heterocycles. The Hall–Kier alpha value is -2.09. The van der Waals surface area contributed by atoms with E-state index in [1.807, 2.05) is 18.2 Å². The van der Waals surface area contributed by atoms with Crippen molar-refractivity contribution in [1.29, 1.82) is 0 Å². The molecule has 0 spiro atoms. The molecule has 1 fully saturated rings. The Bertz CT molecular complexity index is 637. The van der Waals surface area contributed by atoms with Crippen LogP contribution in [0.2, 0.25) is 0 Å². The Kier molecular flexibility index (Phi) is 3.09. The molecule has 20 heavy (non-hydrogen) atoms. The molecule has 0 bridgehead atoms. The molecular formula is C18H18O2. The van der Waals surface area contributed by atoms with Crippen molar-refractivity contribution in [2.45, 2.75) is 31.6 Å². The molecule has 0 atom stereocenters. The van der Waals surface area contributed by atoms with Crippen molar-refractivity contribution < 1.29 is 9.90 Å². The average molecular weight is 266 g/mol. The first-order valence-electron chi connectivity index (χ1n) is 6.99. The number of aryl methyl sites for hydroxylation is 1. The maximum absolute atomic E-state index is 11.3. The fraction of sp³-hybridized carbons (Fsp3) is 0.278. The highest BCUT2D eigenvalue weighted by Gasteiger charge is 2.51. The van der Waals surface area contributed by atoms with E-state index in [4.69, 9.17) is 0 Å². The van der Waals surface area contributed by atoms with E-state index in [0.717, 1.165) is 24.8 Å². The van der Waals surface area contributed by atoms with Crippen LogP contribution in [0, 0.1) is 6.92 Å². The fourth-order valence-corrected chi connectivity index (χ4v) is 2.72. The van der Waals surface area contributed by atoms with Crippen molar-refractivity contribution in [3.63, 3.8) is 0 Å². The maximum atomic E-state index is 11.3. The van der Waals surface area contributed by atoms with E-state index >= 15 is 0 Å². The highest BCUT2D eigenvalue weighted by Crippen LogP contribution is 2.48. The predicted octanol–water partition coefficient (Wildman–Crippen LogP) is 3.70. The highest BCUT2D eigenvalue weighted by molar-refractivity contribution is 5.84. The van der Waals surface area contributed by atoms with Crippen molar-refractivity contribution in [1.82, 2.24) is 0 Å². The predicted molar refractivity (Wildman–Crippen MR) is 79.0 cm³/mol. The van der Waals surface area contributed by atoms with Gasteiger partial charge in [-0.3, -0.25) is 4.79 Å². The van der Waals surface area contributed by atoms with Crippen molar-refractivity contribution >= 4 is 5.97 Å². The lowest BCUT2D eigenvalue weighted by atomic mass is 9.93. The Morgan fingerprint density at radius 3 is 2.30 bits per heavy atom. The first-order valence-corrected chi connectivity index (χ1v) is 6.99. The lowest BCUT2D eigenvalue weighted by Crippen LogP contribution is -2.19. The van der Waals surface area contributed by atoms with E-state index in [-0.39, 0.29) is 0 Å². The summed E-state index contributed by atoms with van der Waals surface area (Å²) in [4.78, 5) is 11.3. The first-order chi connectivity index (χ1) is 9.62. The second-order valence-electron chi connectivity index (χ2n) is 5.69. The van der Waals surface area contributed by atoms with E-state index in [2.05, 4.69) is 37.3 Å². The van der Waals surface area contributed by atoms with Crippen LogP contribution in [0.15, 0.2) is 48.5 Å². The molecule has 0 radical (unpaired) electrons. The molecule has 0 amide bonds. The van der Waals surface area contributed by atoms with Gasteiger partial charge in [0.2, 0.25) is 0 Å². The fourth-order valence-electron chi connectivity index (χ4n) is 2.72. The minimum absolute atomic E-state index is 0.596. The molecular weight excluding hydrogens is 248 g/mol. The molecule has 0 aromatic heterocycles. The number of aliphatic carboxylic acids is 1. The van der Waals surface area contributed by atoms with Crippen molar-refractivity contribution in [3.05, 3.63) is 70.8 Å². The second kappa shape index (κ2) is 4.78. The van der Waals surface area contributed by atoms with E-state index in [0.29, 0.717) is 0 Å². The quantitative estimate of drug-likeness (QED) is 0.916. The molecule has 1 aliphatic rings. The molecule has 0 unspecified atom stereocenters. The van der Waals surface area contributed by atoms with E-state index < -0.39 is 11.4 Å². The third kappa shape index (κ3) is 2.22. The molecule has 1 N–H and O–H groups in total. The minimum Gasteiger partial charge on any atom is -0.481 e. The second-order valence-corrected chi connectivity index (χ2v) is 5.69. The molecule has 2 heteroatoms. The van der Waals surface area contributed by atoms with Gasteiger partial charge < -0.3 is 5.11 Å². The zero-order chi connectivity index (χ0) is 14.2. The Morgan fingerprint density at radius 2 is 1.75 bits per heavy atom. The zero-order valence-electron chi connectivity index (χ0n) is 11.6. The SMILES string of the molecule is Cc1ccccc1Cc1ccc(C2(C(=O)O)CC2)cc1. The molecule has 3 rings (SSSR count). The summed E-state index contributed by atoms with van der Waals surface area (Å²) in [5, 5.41) is 9.30. The third-order valence-corrected chi connectivity index (χ3v) is 4.32. The number of benzene rings is 2. The Morgan fingerprint density at radius 1 is 1.10 bits per heavy atom. The molecule has 0 saturated heterocycles. The summed E-state index contributed by atoms with van der Waals surface area (Å²) in [6, 6.07) is 16.4. The molecule has 2 aromatic rings. The monoisotopic (exact) mass is 266 g/mol. The average Bonchev–Trinajstić information content (AvgIpc) is 3.24. The van der Waals surface area contributed by atoms with Gasteiger partial charge in [-0.15, -0.1) is 0 Å². The largest absolute Gasteiger partial charge is 0.481 e. The standard InChI is InChI=1S/C18H18O2/c1-13-4-2-3-5-15(13)12-14-6-8-16(9-7-14)18(10-11-18)17(19)20/h2-9H,10-12H2,1H3,(H,19,20). The van der Waals surface area contributed by atoms with E-state index in [1.54, 1.807) is 0 Å². The molecule has 1 aliphatic carbocycles. The number of carboxylic acids is 1. The normalized spacial score (nSPS) is 15.8. The van der Waals surface area contributed by atoms with E-state index in [9.17, 15) is 9.90 Å². The van der Waals surface area contributed by atoms with Crippen LogP contribution in [0.3, 0.4) is 0 Å². The van der Waals surface area contributed by atoms with Crippen LogP contribution in [0.5, 0.6) is 0 Å². The van der Waals surface area contributed by atoms with Crippen molar-refractivity contribution in [3.8, 4) is 0 Å². The number of rotatable bonds is 4. The van der Waals surface area contributed by atoms with Crippen LogP contribution in [-0.2, 0) is 16.6 Å².